The van der Waals surface area contributed by atoms with Crippen molar-refractivity contribution in [3.63, 3.8) is 0 Å². The molecule has 3 aromatic rings. The third-order valence-corrected chi connectivity index (χ3v) is 4.27. The average Bonchev–Trinajstić information content (AvgIpc) is 2.64. The number of halogens is 2. The molecule has 0 atom stereocenters. The van der Waals surface area contributed by atoms with Crippen LogP contribution in [0.25, 0.3) is 0 Å². The number of carbonyl (C=O) groups is 1. The molecule has 0 radical (unpaired) electrons. The number of aryl methyl sites for hydroxylation is 1. The fraction of sp³-hybridized carbons (Fsp3) is 0.100. The number of carbonyl (C=O) groups excluding carboxylic acids is 1. The number of hydrogen-bond donors (Lipinski definition) is 2. The van der Waals surface area contributed by atoms with E-state index < -0.39 is 0 Å². The van der Waals surface area contributed by atoms with E-state index in [9.17, 15) is 9.18 Å². The molecule has 0 saturated heterocycles. The Bertz CT molecular complexity index is 946. The lowest BCUT2D eigenvalue weighted by atomic mass is 10.2. The Kier molecular flexibility index (Phi) is 5.49. The lowest BCUT2D eigenvalue weighted by Crippen LogP contribution is -2.23. The van der Waals surface area contributed by atoms with Gasteiger partial charge >= 0.3 is 0 Å². The SMILES string of the molecule is Cc1ccc(Nc2cc(C(=O)NCc3ccccc3F)ccn2)cc1Cl. The summed E-state index contributed by atoms with van der Waals surface area (Å²) in [6, 6.07) is 15.1. The maximum absolute atomic E-state index is 13.6. The van der Waals surface area contributed by atoms with Gasteiger partial charge in [-0.2, -0.15) is 0 Å². The zero-order valence-electron chi connectivity index (χ0n) is 14.1. The molecule has 132 valence electrons. The highest BCUT2D eigenvalue weighted by molar-refractivity contribution is 6.31. The summed E-state index contributed by atoms with van der Waals surface area (Å²) in [4.78, 5) is 16.5. The standard InChI is InChI=1S/C20H17ClFN3O/c1-13-6-7-16(11-17(13)21)25-19-10-14(8-9-23-19)20(26)24-12-15-4-2-3-5-18(15)22/h2-11H,12H2,1H3,(H,23,25)(H,24,26). The minimum absolute atomic E-state index is 0.115. The molecule has 0 fully saturated rings. The van der Waals surface area contributed by atoms with Gasteiger partial charge in [0, 0.05) is 34.6 Å². The summed E-state index contributed by atoms with van der Waals surface area (Å²) >= 11 is 6.12. The molecule has 1 heterocycles. The normalized spacial score (nSPS) is 10.4. The highest BCUT2D eigenvalue weighted by atomic mass is 35.5. The number of hydrogen-bond acceptors (Lipinski definition) is 3. The van der Waals surface area contributed by atoms with Gasteiger partial charge in [0.05, 0.1) is 0 Å². The third kappa shape index (κ3) is 4.37. The minimum Gasteiger partial charge on any atom is -0.348 e. The first kappa shape index (κ1) is 17.9. The van der Waals surface area contributed by atoms with Crippen LogP contribution in [0.4, 0.5) is 15.9 Å². The first-order valence-electron chi connectivity index (χ1n) is 8.04. The van der Waals surface area contributed by atoms with Gasteiger partial charge in [0.15, 0.2) is 0 Å². The Labute approximate surface area is 156 Å². The van der Waals surface area contributed by atoms with Crippen molar-refractivity contribution in [3.05, 3.63) is 88.3 Å². The fourth-order valence-electron chi connectivity index (χ4n) is 2.38. The largest absolute Gasteiger partial charge is 0.348 e. The molecule has 1 aromatic heterocycles. The molecule has 6 heteroatoms. The number of nitrogens with zero attached hydrogens (tertiary/aromatic N) is 1. The maximum Gasteiger partial charge on any atom is 0.251 e. The highest BCUT2D eigenvalue weighted by Gasteiger charge is 2.09. The summed E-state index contributed by atoms with van der Waals surface area (Å²) in [5.41, 5.74) is 2.61. The highest BCUT2D eigenvalue weighted by Crippen LogP contribution is 2.22. The number of amides is 1. The molecule has 0 unspecified atom stereocenters. The number of nitrogens with one attached hydrogen (secondary N) is 2. The smallest absolute Gasteiger partial charge is 0.251 e. The van der Waals surface area contributed by atoms with E-state index in [0.717, 1.165) is 11.3 Å². The number of aromatic nitrogens is 1. The Morgan fingerprint density at radius 1 is 1.15 bits per heavy atom. The molecule has 0 spiro atoms. The van der Waals surface area contributed by atoms with E-state index in [-0.39, 0.29) is 18.3 Å². The van der Waals surface area contributed by atoms with Crippen molar-refractivity contribution < 1.29 is 9.18 Å². The second-order valence-corrected chi connectivity index (χ2v) is 6.20. The van der Waals surface area contributed by atoms with Gasteiger partial charge in [-0.15, -0.1) is 0 Å². The fourth-order valence-corrected chi connectivity index (χ4v) is 2.56. The Hall–Kier alpha value is -2.92. The van der Waals surface area contributed by atoms with Gasteiger partial charge in [-0.1, -0.05) is 35.9 Å². The summed E-state index contributed by atoms with van der Waals surface area (Å²) in [5, 5.41) is 6.47. The van der Waals surface area contributed by atoms with Crippen LogP contribution in [0.2, 0.25) is 5.02 Å². The molecule has 1 amide bonds. The van der Waals surface area contributed by atoms with E-state index in [1.165, 1.54) is 12.3 Å². The molecule has 0 bridgehead atoms. The molecule has 2 aromatic carbocycles. The van der Waals surface area contributed by atoms with Crippen LogP contribution >= 0.6 is 11.6 Å². The summed E-state index contributed by atoms with van der Waals surface area (Å²) < 4.78 is 13.6. The van der Waals surface area contributed by atoms with E-state index in [0.29, 0.717) is 22.0 Å². The Balaban J connectivity index is 1.69. The Morgan fingerprint density at radius 2 is 1.96 bits per heavy atom. The summed E-state index contributed by atoms with van der Waals surface area (Å²) in [6.45, 7) is 2.04. The van der Waals surface area contributed by atoms with E-state index in [1.54, 1.807) is 36.4 Å². The predicted molar refractivity (Wildman–Crippen MR) is 101 cm³/mol. The summed E-state index contributed by atoms with van der Waals surface area (Å²) in [6.07, 6.45) is 1.54. The van der Waals surface area contributed by atoms with Crippen LogP contribution in [0.3, 0.4) is 0 Å². The Morgan fingerprint density at radius 3 is 2.73 bits per heavy atom. The monoisotopic (exact) mass is 369 g/mol. The van der Waals surface area contributed by atoms with Crippen LogP contribution in [0.5, 0.6) is 0 Å². The molecule has 2 N–H and O–H groups in total. The van der Waals surface area contributed by atoms with Gasteiger partial charge < -0.3 is 10.6 Å². The van der Waals surface area contributed by atoms with Crippen LogP contribution in [-0.4, -0.2) is 10.9 Å². The van der Waals surface area contributed by atoms with Crippen LogP contribution in [0, 0.1) is 12.7 Å². The predicted octanol–water partition coefficient (Wildman–Crippen LogP) is 4.86. The lowest BCUT2D eigenvalue weighted by Gasteiger charge is -2.09. The third-order valence-electron chi connectivity index (χ3n) is 3.86. The minimum atomic E-state index is -0.346. The van der Waals surface area contributed by atoms with E-state index in [1.807, 2.05) is 19.1 Å². The number of pyridine rings is 1. The summed E-state index contributed by atoms with van der Waals surface area (Å²) in [5.74, 6) is -0.134. The molecule has 26 heavy (non-hydrogen) atoms. The molecule has 3 rings (SSSR count). The van der Waals surface area contributed by atoms with Gasteiger partial charge in [-0.3, -0.25) is 4.79 Å². The number of benzene rings is 2. The van der Waals surface area contributed by atoms with Crippen molar-refractivity contribution in [1.29, 1.82) is 0 Å². The van der Waals surface area contributed by atoms with Gasteiger partial charge in [0.1, 0.15) is 11.6 Å². The van der Waals surface area contributed by atoms with Gasteiger partial charge in [0.2, 0.25) is 0 Å². The second-order valence-electron chi connectivity index (χ2n) is 5.79. The zero-order chi connectivity index (χ0) is 18.5. The van der Waals surface area contributed by atoms with Gasteiger partial charge in [0.25, 0.3) is 5.91 Å². The van der Waals surface area contributed by atoms with Crippen molar-refractivity contribution in [2.24, 2.45) is 0 Å². The van der Waals surface area contributed by atoms with Crippen molar-refractivity contribution in [2.75, 3.05) is 5.32 Å². The molecule has 0 saturated carbocycles. The molecule has 4 nitrogen and oxygen atoms in total. The quantitative estimate of drug-likeness (QED) is 0.675. The number of anilines is 2. The van der Waals surface area contributed by atoms with Crippen LogP contribution in [0.1, 0.15) is 21.5 Å². The number of rotatable bonds is 5. The van der Waals surface area contributed by atoms with Gasteiger partial charge in [-0.05, 0) is 42.8 Å². The molecule has 0 aliphatic carbocycles. The first-order valence-corrected chi connectivity index (χ1v) is 8.41. The second kappa shape index (κ2) is 7.97. The molecule has 0 aliphatic heterocycles. The lowest BCUT2D eigenvalue weighted by molar-refractivity contribution is 0.0950. The first-order chi connectivity index (χ1) is 12.5. The molecular weight excluding hydrogens is 353 g/mol. The van der Waals surface area contributed by atoms with Crippen molar-refractivity contribution in [3.8, 4) is 0 Å². The van der Waals surface area contributed by atoms with Crippen LogP contribution < -0.4 is 10.6 Å². The van der Waals surface area contributed by atoms with Crippen molar-refractivity contribution in [1.82, 2.24) is 10.3 Å². The van der Waals surface area contributed by atoms with E-state index in [2.05, 4.69) is 15.6 Å². The maximum atomic E-state index is 13.6. The van der Waals surface area contributed by atoms with Gasteiger partial charge in [-0.25, -0.2) is 9.37 Å². The average molecular weight is 370 g/mol. The van der Waals surface area contributed by atoms with E-state index in [4.69, 9.17) is 11.6 Å². The van der Waals surface area contributed by atoms with Crippen LogP contribution in [0.15, 0.2) is 60.8 Å². The van der Waals surface area contributed by atoms with Crippen molar-refractivity contribution >= 4 is 29.0 Å². The summed E-state index contributed by atoms with van der Waals surface area (Å²) in [7, 11) is 0. The molecule has 0 aliphatic rings. The molecular formula is C20H17ClFN3O. The van der Waals surface area contributed by atoms with E-state index >= 15 is 0 Å². The zero-order valence-corrected chi connectivity index (χ0v) is 14.8. The van der Waals surface area contributed by atoms with Crippen LogP contribution in [-0.2, 0) is 6.54 Å². The topological polar surface area (TPSA) is 54.0 Å². The van der Waals surface area contributed by atoms with Crippen molar-refractivity contribution in [2.45, 2.75) is 13.5 Å².